The normalized spacial score (nSPS) is 15.7. The van der Waals surface area contributed by atoms with E-state index in [2.05, 4.69) is 13.8 Å². The van der Waals surface area contributed by atoms with E-state index in [0.29, 0.717) is 11.7 Å². The third-order valence-electron chi connectivity index (χ3n) is 2.81. The highest BCUT2D eigenvalue weighted by Crippen LogP contribution is 2.32. The minimum absolute atomic E-state index is 0.346. The Kier molecular flexibility index (Phi) is 2.85. The van der Waals surface area contributed by atoms with Gasteiger partial charge in [-0.3, -0.25) is 0 Å². The zero-order valence-electron chi connectivity index (χ0n) is 9.36. The maximum absolute atomic E-state index is 9.76. The van der Waals surface area contributed by atoms with Crippen molar-refractivity contribution < 1.29 is 9.84 Å². The molecule has 1 aromatic rings. The zero-order chi connectivity index (χ0) is 10.8. The average molecular weight is 206 g/mol. The maximum Gasteiger partial charge on any atom is 0.123 e. The molecule has 0 heterocycles. The molecule has 0 radical (unpaired) electrons. The maximum atomic E-state index is 9.76. The molecule has 0 aliphatic heterocycles. The predicted molar refractivity (Wildman–Crippen MR) is 60.4 cm³/mol. The summed E-state index contributed by atoms with van der Waals surface area (Å²) in [5.41, 5.74) is 0.980. The third kappa shape index (κ3) is 2.65. The summed E-state index contributed by atoms with van der Waals surface area (Å²) < 4.78 is 5.59. The molecule has 0 bridgehead atoms. The van der Waals surface area contributed by atoms with Crippen LogP contribution >= 0.6 is 0 Å². The van der Waals surface area contributed by atoms with Gasteiger partial charge in [0.25, 0.3) is 0 Å². The largest absolute Gasteiger partial charge is 0.508 e. The van der Waals surface area contributed by atoms with Crippen LogP contribution in [0.15, 0.2) is 18.2 Å². The van der Waals surface area contributed by atoms with Crippen molar-refractivity contribution in [3.05, 3.63) is 23.8 Å². The van der Waals surface area contributed by atoms with E-state index in [1.54, 1.807) is 6.07 Å². The molecule has 2 rings (SSSR count). The van der Waals surface area contributed by atoms with Gasteiger partial charge >= 0.3 is 0 Å². The number of hydrogen-bond acceptors (Lipinski definition) is 2. The van der Waals surface area contributed by atoms with E-state index in [0.717, 1.165) is 23.8 Å². The molecule has 15 heavy (non-hydrogen) atoms. The highest BCUT2D eigenvalue weighted by molar-refractivity contribution is 5.41. The van der Waals surface area contributed by atoms with Gasteiger partial charge in [-0.25, -0.2) is 0 Å². The second-order valence-electron chi connectivity index (χ2n) is 4.63. The Morgan fingerprint density at radius 1 is 1.40 bits per heavy atom. The van der Waals surface area contributed by atoms with Crippen molar-refractivity contribution >= 4 is 0 Å². The van der Waals surface area contributed by atoms with E-state index >= 15 is 0 Å². The molecular weight excluding hydrogens is 188 g/mol. The summed E-state index contributed by atoms with van der Waals surface area (Å²) in [7, 11) is 0. The summed E-state index contributed by atoms with van der Waals surface area (Å²) in [4.78, 5) is 0. The van der Waals surface area contributed by atoms with Crippen molar-refractivity contribution in [2.45, 2.75) is 32.6 Å². The molecule has 1 aromatic carbocycles. The Labute approximate surface area is 90.9 Å². The third-order valence-corrected chi connectivity index (χ3v) is 2.81. The van der Waals surface area contributed by atoms with Crippen LogP contribution in [0, 0.1) is 5.92 Å². The average Bonchev–Trinajstić information content (AvgIpc) is 2.97. The highest BCUT2D eigenvalue weighted by atomic mass is 16.5. The molecule has 0 aromatic heterocycles. The van der Waals surface area contributed by atoms with E-state index in [9.17, 15) is 5.11 Å². The minimum atomic E-state index is 0.346. The monoisotopic (exact) mass is 206 g/mol. The fourth-order valence-electron chi connectivity index (χ4n) is 1.60. The van der Waals surface area contributed by atoms with Crippen LogP contribution < -0.4 is 4.74 Å². The molecule has 82 valence electrons. The molecule has 0 amide bonds. The first-order valence-corrected chi connectivity index (χ1v) is 5.62. The molecule has 1 fully saturated rings. The second kappa shape index (κ2) is 4.13. The van der Waals surface area contributed by atoms with E-state index in [4.69, 9.17) is 4.74 Å². The van der Waals surface area contributed by atoms with Gasteiger partial charge in [-0.1, -0.05) is 19.9 Å². The summed E-state index contributed by atoms with van der Waals surface area (Å²) in [6.07, 6.45) is 2.58. The van der Waals surface area contributed by atoms with Gasteiger partial charge in [0.05, 0.1) is 6.61 Å². The molecule has 1 aliphatic rings. The minimum Gasteiger partial charge on any atom is -0.508 e. The Bertz CT molecular complexity index is 340. The van der Waals surface area contributed by atoms with Gasteiger partial charge in [-0.2, -0.15) is 0 Å². The first-order chi connectivity index (χ1) is 7.16. The molecule has 2 heteroatoms. The van der Waals surface area contributed by atoms with Gasteiger partial charge in [0.15, 0.2) is 0 Å². The molecule has 1 saturated carbocycles. The summed E-state index contributed by atoms with van der Waals surface area (Å²) in [5, 5.41) is 9.76. The van der Waals surface area contributed by atoms with Crippen molar-refractivity contribution in [2.24, 2.45) is 5.92 Å². The van der Waals surface area contributed by atoms with E-state index < -0.39 is 0 Å². The Hall–Kier alpha value is -1.18. The van der Waals surface area contributed by atoms with E-state index in [1.807, 2.05) is 12.1 Å². The van der Waals surface area contributed by atoms with Crippen molar-refractivity contribution in [2.75, 3.05) is 6.61 Å². The van der Waals surface area contributed by atoms with Gasteiger partial charge in [0.1, 0.15) is 11.5 Å². The van der Waals surface area contributed by atoms with Gasteiger partial charge in [0.2, 0.25) is 0 Å². The fourth-order valence-corrected chi connectivity index (χ4v) is 1.60. The lowest BCUT2D eigenvalue weighted by Gasteiger charge is -2.10. The first-order valence-electron chi connectivity index (χ1n) is 5.62. The molecule has 0 saturated heterocycles. The second-order valence-corrected chi connectivity index (χ2v) is 4.63. The summed E-state index contributed by atoms with van der Waals surface area (Å²) in [6.45, 7) is 4.93. The number of ether oxygens (including phenoxy) is 1. The quantitative estimate of drug-likeness (QED) is 0.819. The number of aromatic hydroxyl groups is 1. The molecule has 0 unspecified atom stereocenters. The number of rotatable bonds is 4. The standard InChI is InChI=1S/C13H18O2/c1-9(2)12-6-5-11(7-13(12)14)15-8-10-3-4-10/h5-7,9-10,14H,3-4,8H2,1-2H3. The molecule has 0 atom stereocenters. The summed E-state index contributed by atoms with van der Waals surface area (Å²) in [6, 6.07) is 5.61. The molecule has 0 spiro atoms. The molecular formula is C13H18O2. The van der Waals surface area contributed by atoms with Crippen LogP contribution in [0.4, 0.5) is 0 Å². The Morgan fingerprint density at radius 3 is 2.67 bits per heavy atom. The lowest BCUT2D eigenvalue weighted by molar-refractivity contribution is 0.298. The van der Waals surface area contributed by atoms with Gasteiger partial charge < -0.3 is 9.84 Å². The van der Waals surface area contributed by atoms with Crippen LogP contribution in [0.1, 0.15) is 38.2 Å². The van der Waals surface area contributed by atoms with Crippen molar-refractivity contribution in [3.63, 3.8) is 0 Å². The van der Waals surface area contributed by atoms with Crippen molar-refractivity contribution in [3.8, 4) is 11.5 Å². The van der Waals surface area contributed by atoms with Crippen molar-refractivity contribution in [1.82, 2.24) is 0 Å². The first kappa shape index (κ1) is 10.3. The van der Waals surface area contributed by atoms with Crippen LogP contribution in [0.2, 0.25) is 0 Å². The van der Waals surface area contributed by atoms with Gasteiger partial charge in [-0.05, 0) is 36.3 Å². The number of phenols is 1. The smallest absolute Gasteiger partial charge is 0.123 e. The SMILES string of the molecule is CC(C)c1ccc(OCC2CC2)cc1O. The Balaban J connectivity index is 2.03. The van der Waals surface area contributed by atoms with Gasteiger partial charge in [0, 0.05) is 6.07 Å². The lowest BCUT2D eigenvalue weighted by atomic mass is 10.0. The van der Waals surface area contributed by atoms with E-state index in [1.165, 1.54) is 12.8 Å². The lowest BCUT2D eigenvalue weighted by Crippen LogP contribution is -1.99. The number of benzene rings is 1. The van der Waals surface area contributed by atoms with Crippen molar-refractivity contribution in [1.29, 1.82) is 0 Å². The predicted octanol–water partition coefficient (Wildman–Crippen LogP) is 3.30. The summed E-state index contributed by atoms with van der Waals surface area (Å²) in [5.74, 6) is 2.22. The summed E-state index contributed by atoms with van der Waals surface area (Å²) >= 11 is 0. The zero-order valence-corrected chi connectivity index (χ0v) is 9.36. The molecule has 1 N–H and O–H groups in total. The highest BCUT2D eigenvalue weighted by Gasteiger charge is 2.22. The molecule has 2 nitrogen and oxygen atoms in total. The fraction of sp³-hybridized carbons (Fsp3) is 0.538. The van der Waals surface area contributed by atoms with E-state index in [-0.39, 0.29) is 0 Å². The number of hydrogen-bond donors (Lipinski definition) is 1. The molecule has 1 aliphatic carbocycles. The van der Waals surface area contributed by atoms with Crippen LogP contribution in [0.25, 0.3) is 0 Å². The van der Waals surface area contributed by atoms with Crippen LogP contribution in [-0.2, 0) is 0 Å². The van der Waals surface area contributed by atoms with Gasteiger partial charge in [-0.15, -0.1) is 0 Å². The van der Waals surface area contributed by atoms with Crippen LogP contribution in [0.3, 0.4) is 0 Å². The topological polar surface area (TPSA) is 29.5 Å². The Morgan fingerprint density at radius 2 is 2.13 bits per heavy atom. The van der Waals surface area contributed by atoms with Crippen LogP contribution in [0.5, 0.6) is 11.5 Å². The number of phenolic OH excluding ortho intramolecular Hbond substituents is 1. The van der Waals surface area contributed by atoms with Crippen LogP contribution in [-0.4, -0.2) is 11.7 Å².